The van der Waals surface area contributed by atoms with Gasteiger partial charge in [-0.1, -0.05) is 13.8 Å². The molecule has 0 aromatic heterocycles. The van der Waals surface area contributed by atoms with Gasteiger partial charge in [0, 0.05) is 13.0 Å². The number of guanidine groups is 1. The van der Waals surface area contributed by atoms with Crippen LogP contribution in [0.5, 0.6) is 0 Å². The van der Waals surface area contributed by atoms with Crippen LogP contribution < -0.4 is 27.4 Å². The summed E-state index contributed by atoms with van der Waals surface area (Å²) in [6, 6.07) is -3.33. The predicted octanol–water partition coefficient (Wildman–Crippen LogP) is -1.85. The highest BCUT2D eigenvalue weighted by atomic mass is 16.4. The second-order valence-corrected chi connectivity index (χ2v) is 6.65. The predicted molar refractivity (Wildman–Crippen MR) is 100 cm³/mol. The van der Waals surface area contributed by atoms with E-state index in [0.717, 1.165) is 0 Å². The zero-order valence-electron chi connectivity index (χ0n) is 16.0. The van der Waals surface area contributed by atoms with Gasteiger partial charge >= 0.3 is 11.9 Å². The lowest BCUT2D eigenvalue weighted by molar-refractivity contribution is -0.143. The lowest BCUT2D eigenvalue weighted by Gasteiger charge is -2.24. The minimum absolute atomic E-state index is 0.133. The summed E-state index contributed by atoms with van der Waals surface area (Å²) in [5.74, 6) is -4.31. The minimum Gasteiger partial charge on any atom is -0.481 e. The summed E-state index contributed by atoms with van der Waals surface area (Å²) in [4.78, 5) is 46.6. The molecule has 0 aliphatic carbocycles. The first-order chi connectivity index (χ1) is 13.0. The molecule has 0 saturated carbocycles. The maximum Gasteiger partial charge on any atom is 0.326 e. The van der Waals surface area contributed by atoms with E-state index < -0.39 is 48.3 Å². The third-order valence-electron chi connectivity index (χ3n) is 3.90. The number of hydrogen-bond donors (Lipinski definition) is 8. The number of carbonyl (C=O) groups is 4. The Hall–Kier alpha value is -2.89. The van der Waals surface area contributed by atoms with Crippen LogP contribution in [-0.2, 0) is 19.2 Å². The van der Waals surface area contributed by atoms with E-state index in [1.807, 2.05) is 0 Å². The zero-order chi connectivity index (χ0) is 21.9. The Kier molecular flexibility index (Phi) is 11.2. The fourth-order valence-corrected chi connectivity index (χ4v) is 2.17. The standard InChI is InChI=1S/C16H30N6O6/c1-8(2)12(17)14(26)21-9(4-3-7-20-16(18)19)13(25)22-10(15(27)28)5-6-11(23)24/h8-10,12H,3-7,17H2,1-2H3,(H,21,26)(H,22,25)(H,23,24)(H,27,28)(H4,18,19,20)/t9-,10-,12-/m0/s1. The number of amides is 2. The number of carboxylic acids is 2. The number of hydrogen-bond acceptors (Lipinski definition) is 6. The molecule has 10 N–H and O–H groups in total. The summed E-state index contributed by atoms with van der Waals surface area (Å²) >= 11 is 0. The number of carboxylic acid groups (broad SMARTS) is 2. The molecule has 0 saturated heterocycles. The second-order valence-electron chi connectivity index (χ2n) is 6.65. The van der Waals surface area contributed by atoms with Crippen molar-refractivity contribution in [3.05, 3.63) is 0 Å². The van der Waals surface area contributed by atoms with Crippen molar-refractivity contribution >= 4 is 29.7 Å². The van der Waals surface area contributed by atoms with Crippen molar-refractivity contribution in [3.63, 3.8) is 0 Å². The molecule has 0 aliphatic heterocycles. The number of nitrogens with one attached hydrogen (secondary N) is 4. The number of aliphatic carboxylic acids is 2. The molecule has 0 radical (unpaired) electrons. The van der Waals surface area contributed by atoms with E-state index in [1.165, 1.54) is 0 Å². The van der Waals surface area contributed by atoms with Gasteiger partial charge in [0.1, 0.15) is 12.1 Å². The van der Waals surface area contributed by atoms with E-state index in [4.69, 9.17) is 22.0 Å². The summed E-state index contributed by atoms with van der Waals surface area (Å²) in [7, 11) is 0. The molecule has 12 heteroatoms. The first-order valence-corrected chi connectivity index (χ1v) is 8.84. The van der Waals surface area contributed by atoms with Crippen LogP contribution in [0.2, 0.25) is 0 Å². The van der Waals surface area contributed by atoms with Crippen molar-refractivity contribution in [2.24, 2.45) is 17.4 Å². The molecule has 0 heterocycles. The van der Waals surface area contributed by atoms with Gasteiger partial charge in [-0.2, -0.15) is 0 Å². The fraction of sp³-hybridized carbons (Fsp3) is 0.688. The first-order valence-electron chi connectivity index (χ1n) is 8.84. The van der Waals surface area contributed by atoms with Gasteiger partial charge in [0.2, 0.25) is 11.8 Å². The Morgan fingerprint density at radius 1 is 1.00 bits per heavy atom. The third-order valence-corrected chi connectivity index (χ3v) is 3.90. The molecular weight excluding hydrogens is 372 g/mol. The van der Waals surface area contributed by atoms with Crippen molar-refractivity contribution in [2.75, 3.05) is 6.54 Å². The molecule has 0 aromatic carbocycles. The van der Waals surface area contributed by atoms with Crippen LogP contribution in [-0.4, -0.2) is 64.6 Å². The van der Waals surface area contributed by atoms with E-state index >= 15 is 0 Å². The smallest absolute Gasteiger partial charge is 0.326 e. The fourth-order valence-electron chi connectivity index (χ4n) is 2.17. The Morgan fingerprint density at radius 3 is 2.04 bits per heavy atom. The average Bonchev–Trinajstić information content (AvgIpc) is 2.59. The van der Waals surface area contributed by atoms with Gasteiger partial charge in [0.25, 0.3) is 0 Å². The molecule has 0 unspecified atom stereocenters. The zero-order valence-corrected chi connectivity index (χ0v) is 16.0. The SMILES string of the molecule is CC(C)[C@H](N)C(=O)N[C@@H](CCCNC(=N)N)C(=O)N[C@@H](CCC(=O)O)C(=O)O. The summed E-state index contributed by atoms with van der Waals surface area (Å²) in [6.07, 6.45) is -0.251. The van der Waals surface area contributed by atoms with Crippen molar-refractivity contribution in [2.45, 2.75) is 57.7 Å². The monoisotopic (exact) mass is 402 g/mol. The Morgan fingerprint density at radius 2 is 1.57 bits per heavy atom. The topological polar surface area (TPSA) is 221 Å². The van der Waals surface area contributed by atoms with Crippen LogP contribution >= 0.6 is 0 Å². The molecule has 0 aromatic rings. The summed E-state index contributed by atoms with van der Waals surface area (Å²) < 4.78 is 0. The highest BCUT2D eigenvalue weighted by Crippen LogP contribution is 2.05. The van der Waals surface area contributed by atoms with Crippen LogP contribution in [0.3, 0.4) is 0 Å². The van der Waals surface area contributed by atoms with Crippen molar-refractivity contribution in [1.82, 2.24) is 16.0 Å². The lowest BCUT2D eigenvalue weighted by atomic mass is 10.0. The van der Waals surface area contributed by atoms with Crippen molar-refractivity contribution in [3.8, 4) is 0 Å². The number of nitrogens with two attached hydrogens (primary N) is 2. The Labute approximate surface area is 162 Å². The largest absolute Gasteiger partial charge is 0.481 e. The summed E-state index contributed by atoms with van der Waals surface area (Å²) in [5.41, 5.74) is 10.9. The van der Waals surface area contributed by atoms with Gasteiger partial charge in [-0.05, 0) is 25.2 Å². The van der Waals surface area contributed by atoms with Gasteiger partial charge in [0.15, 0.2) is 5.96 Å². The minimum atomic E-state index is -1.41. The van der Waals surface area contributed by atoms with Crippen molar-refractivity contribution in [1.29, 1.82) is 5.41 Å². The molecule has 0 fully saturated rings. The quantitative estimate of drug-likeness (QED) is 0.0982. The molecular formula is C16H30N6O6. The molecule has 12 nitrogen and oxygen atoms in total. The van der Waals surface area contributed by atoms with Crippen LogP contribution in [0.15, 0.2) is 0 Å². The highest BCUT2D eigenvalue weighted by molar-refractivity contribution is 5.91. The van der Waals surface area contributed by atoms with E-state index in [9.17, 15) is 24.3 Å². The maximum absolute atomic E-state index is 12.5. The maximum atomic E-state index is 12.5. The highest BCUT2D eigenvalue weighted by Gasteiger charge is 2.28. The van der Waals surface area contributed by atoms with Crippen LogP contribution in [0.25, 0.3) is 0 Å². The molecule has 0 bridgehead atoms. The van der Waals surface area contributed by atoms with E-state index in [1.54, 1.807) is 13.8 Å². The number of rotatable bonds is 13. The van der Waals surface area contributed by atoms with Gasteiger partial charge in [-0.15, -0.1) is 0 Å². The average molecular weight is 402 g/mol. The molecule has 28 heavy (non-hydrogen) atoms. The molecule has 0 rings (SSSR count). The molecule has 3 atom stereocenters. The molecule has 160 valence electrons. The second kappa shape index (κ2) is 12.5. The molecule has 2 amide bonds. The van der Waals surface area contributed by atoms with Gasteiger partial charge in [-0.25, -0.2) is 4.79 Å². The van der Waals surface area contributed by atoms with Gasteiger partial charge in [-0.3, -0.25) is 19.8 Å². The Balaban J connectivity index is 5.08. The van der Waals surface area contributed by atoms with Gasteiger partial charge < -0.3 is 37.6 Å². The van der Waals surface area contributed by atoms with Crippen LogP contribution in [0.1, 0.15) is 39.5 Å². The van der Waals surface area contributed by atoms with E-state index in [0.29, 0.717) is 6.42 Å². The van der Waals surface area contributed by atoms with E-state index in [-0.39, 0.29) is 31.3 Å². The van der Waals surface area contributed by atoms with Crippen LogP contribution in [0, 0.1) is 11.3 Å². The number of carbonyl (C=O) groups excluding carboxylic acids is 2. The summed E-state index contributed by atoms with van der Waals surface area (Å²) in [6.45, 7) is 3.75. The van der Waals surface area contributed by atoms with E-state index in [2.05, 4.69) is 16.0 Å². The van der Waals surface area contributed by atoms with Gasteiger partial charge in [0.05, 0.1) is 6.04 Å². The third kappa shape index (κ3) is 10.3. The van der Waals surface area contributed by atoms with Crippen LogP contribution in [0.4, 0.5) is 0 Å². The lowest BCUT2D eigenvalue weighted by Crippen LogP contribution is -2.55. The summed E-state index contributed by atoms with van der Waals surface area (Å²) in [5, 5.41) is 32.3. The van der Waals surface area contributed by atoms with Crippen molar-refractivity contribution < 1.29 is 29.4 Å². The Bertz CT molecular complexity index is 582. The molecule has 0 aliphatic rings. The first kappa shape index (κ1) is 25.1. The molecule has 0 spiro atoms. The normalized spacial score (nSPS) is 13.9.